The zero-order valence-corrected chi connectivity index (χ0v) is 13.5. The lowest BCUT2D eigenvalue weighted by Crippen LogP contribution is -2.12. The Morgan fingerprint density at radius 3 is 2.20 bits per heavy atom. The molecule has 0 saturated carbocycles. The van der Waals surface area contributed by atoms with Gasteiger partial charge in [-0.2, -0.15) is 0 Å². The van der Waals surface area contributed by atoms with E-state index in [1.165, 1.54) is 0 Å². The van der Waals surface area contributed by atoms with Crippen molar-refractivity contribution in [1.29, 1.82) is 0 Å². The first-order chi connectivity index (χ1) is 12.3. The van der Waals surface area contributed by atoms with Crippen molar-refractivity contribution in [3.63, 3.8) is 0 Å². The van der Waals surface area contributed by atoms with Crippen LogP contribution in [0, 0.1) is 0 Å². The summed E-state index contributed by atoms with van der Waals surface area (Å²) in [5.41, 5.74) is 4.05. The van der Waals surface area contributed by atoms with Crippen LogP contribution in [0.5, 0.6) is 0 Å². The van der Waals surface area contributed by atoms with Gasteiger partial charge in [0.05, 0.1) is 16.9 Å². The third kappa shape index (κ3) is 3.12. The molecule has 4 rings (SSSR count). The molecule has 1 N–H and O–H groups in total. The predicted molar refractivity (Wildman–Crippen MR) is 102 cm³/mol. The number of pyridine rings is 1. The van der Waals surface area contributed by atoms with Gasteiger partial charge in [0.1, 0.15) is 0 Å². The fourth-order valence-electron chi connectivity index (χ4n) is 2.80. The Balaban J connectivity index is 1.75. The summed E-state index contributed by atoms with van der Waals surface area (Å²) in [5.74, 6) is -0.139. The highest BCUT2D eigenvalue weighted by Crippen LogP contribution is 2.26. The normalized spacial score (nSPS) is 10.6. The minimum atomic E-state index is -0.139. The largest absolute Gasteiger partial charge is 0.320 e. The average molecular weight is 324 g/mol. The number of amides is 1. The number of hydrogen-bond acceptors (Lipinski definition) is 2. The molecule has 120 valence electrons. The van der Waals surface area contributed by atoms with Gasteiger partial charge in [0, 0.05) is 16.5 Å². The highest BCUT2D eigenvalue weighted by atomic mass is 16.1. The van der Waals surface area contributed by atoms with E-state index in [1.807, 2.05) is 78.9 Å². The van der Waals surface area contributed by atoms with E-state index in [0.717, 1.165) is 22.2 Å². The van der Waals surface area contributed by atoms with Gasteiger partial charge in [0.15, 0.2) is 0 Å². The summed E-state index contributed by atoms with van der Waals surface area (Å²) in [6.07, 6.45) is 0. The number of fused-ring (bicyclic) bond motifs is 1. The first-order valence-corrected chi connectivity index (χ1v) is 8.13. The molecule has 3 aromatic carbocycles. The Morgan fingerprint density at radius 2 is 1.44 bits per heavy atom. The second-order valence-electron chi connectivity index (χ2n) is 5.76. The quantitative estimate of drug-likeness (QED) is 0.566. The number of benzene rings is 3. The zero-order valence-electron chi connectivity index (χ0n) is 13.5. The smallest absolute Gasteiger partial charge is 0.255 e. The van der Waals surface area contributed by atoms with E-state index in [2.05, 4.69) is 5.32 Å². The van der Waals surface area contributed by atoms with Crippen molar-refractivity contribution in [3.8, 4) is 11.3 Å². The van der Waals surface area contributed by atoms with Gasteiger partial charge in [-0.25, -0.2) is 4.98 Å². The van der Waals surface area contributed by atoms with Gasteiger partial charge in [-0.15, -0.1) is 0 Å². The third-order valence-corrected chi connectivity index (χ3v) is 4.07. The van der Waals surface area contributed by atoms with E-state index in [0.29, 0.717) is 11.3 Å². The number of anilines is 1. The molecule has 0 spiro atoms. The van der Waals surface area contributed by atoms with Gasteiger partial charge in [0.2, 0.25) is 0 Å². The van der Waals surface area contributed by atoms with Gasteiger partial charge >= 0.3 is 0 Å². The highest BCUT2D eigenvalue weighted by molar-refractivity contribution is 6.08. The van der Waals surface area contributed by atoms with Crippen molar-refractivity contribution in [2.75, 3.05) is 5.32 Å². The number of rotatable bonds is 3. The van der Waals surface area contributed by atoms with Crippen LogP contribution in [0.15, 0.2) is 91.0 Å². The van der Waals surface area contributed by atoms with Crippen molar-refractivity contribution in [2.45, 2.75) is 0 Å². The molecular formula is C22H16N2O. The maximum absolute atomic E-state index is 12.5. The number of carbonyl (C=O) groups is 1. The van der Waals surface area contributed by atoms with E-state index < -0.39 is 0 Å². The molecular weight excluding hydrogens is 308 g/mol. The monoisotopic (exact) mass is 324 g/mol. The molecule has 0 aliphatic carbocycles. The van der Waals surface area contributed by atoms with Crippen LogP contribution in [0.4, 0.5) is 5.69 Å². The molecule has 25 heavy (non-hydrogen) atoms. The SMILES string of the molecule is O=C(Nc1cccc2ccc(-c3ccccc3)nc12)c1ccccc1. The van der Waals surface area contributed by atoms with E-state index in [-0.39, 0.29) is 5.91 Å². The van der Waals surface area contributed by atoms with Crippen LogP contribution in [0.3, 0.4) is 0 Å². The zero-order chi connectivity index (χ0) is 17.1. The van der Waals surface area contributed by atoms with Crippen molar-refractivity contribution in [3.05, 3.63) is 96.6 Å². The maximum atomic E-state index is 12.5. The van der Waals surface area contributed by atoms with Crippen LogP contribution in [0.2, 0.25) is 0 Å². The van der Waals surface area contributed by atoms with E-state index >= 15 is 0 Å². The predicted octanol–water partition coefficient (Wildman–Crippen LogP) is 5.15. The summed E-state index contributed by atoms with van der Waals surface area (Å²) in [4.78, 5) is 17.3. The lowest BCUT2D eigenvalue weighted by Gasteiger charge is -2.10. The molecule has 0 aliphatic heterocycles. The van der Waals surface area contributed by atoms with Gasteiger partial charge in [-0.3, -0.25) is 4.79 Å². The molecule has 1 amide bonds. The minimum Gasteiger partial charge on any atom is -0.320 e. The van der Waals surface area contributed by atoms with Crippen LogP contribution >= 0.6 is 0 Å². The molecule has 1 heterocycles. The number of carbonyl (C=O) groups excluding carboxylic acids is 1. The van der Waals surface area contributed by atoms with E-state index in [9.17, 15) is 4.79 Å². The van der Waals surface area contributed by atoms with Crippen molar-refractivity contribution in [2.24, 2.45) is 0 Å². The van der Waals surface area contributed by atoms with Crippen LogP contribution in [-0.2, 0) is 0 Å². The second-order valence-corrected chi connectivity index (χ2v) is 5.76. The Bertz CT molecular complexity index is 1030. The van der Waals surface area contributed by atoms with Crippen LogP contribution in [-0.4, -0.2) is 10.9 Å². The van der Waals surface area contributed by atoms with Crippen LogP contribution in [0.25, 0.3) is 22.2 Å². The fraction of sp³-hybridized carbons (Fsp3) is 0. The standard InChI is InChI=1S/C22H16N2O/c25-22(18-10-5-2-6-11-18)24-20-13-7-12-17-14-15-19(23-21(17)20)16-8-3-1-4-9-16/h1-15H,(H,24,25). The molecule has 0 aliphatic rings. The molecule has 0 bridgehead atoms. The minimum absolute atomic E-state index is 0.139. The number of nitrogens with zero attached hydrogens (tertiary/aromatic N) is 1. The molecule has 0 saturated heterocycles. The summed E-state index contributed by atoms with van der Waals surface area (Å²) in [6.45, 7) is 0. The van der Waals surface area contributed by atoms with Gasteiger partial charge in [-0.05, 0) is 24.3 Å². The molecule has 3 heteroatoms. The molecule has 1 aromatic heterocycles. The lowest BCUT2D eigenvalue weighted by atomic mass is 10.1. The van der Waals surface area contributed by atoms with Gasteiger partial charge in [-0.1, -0.05) is 66.7 Å². The van der Waals surface area contributed by atoms with Crippen molar-refractivity contribution in [1.82, 2.24) is 4.98 Å². The molecule has 0 fully saturated rings. The summed E-state index contributed by atoms with van der Waals surface area (Å²) in [5, 5.41) is 3.97. The number of para-hydroxylation sites is 1. The summed E-state index contributed by atoms with van der Waals surface area (Å²) >= 11 is 0. The maximum Gasteiger partial charge on any atom is 0.255 e. The Labute approximate surface area is 146 Å². The van der Waals surface area contributed by atoms with E-state index in [4.69, 9.17) is 4.98 Å². The first-order valence-electron chi connectivity index (χ1n) is 8.13. The molecule has 0 radical (unpaired) electrons. The number of nitrogens with one attached hydrogen (secondary N) is 1. The topological polar surface area (TPSA) is 42.0 Å². The van der Waals surface area contributed by atoms with E-state index in [1.54, 1.807) is 12.1 Å². The summed E-state index contributed by atoms with van der Waals surface area (Å²) in [6, 6.07) is 29.0. The first kappa shape index (κ1) is 15.1. The summed E-state index contributed by atoms with van der Waals surface area (Å²) < 4.78 is 0. The van der Waals surface area contributed by atoms with Crippen LogP contribution < -0.4 is 5.32 Å². The third-order valence-electron chi connectivity index (χ3n) is 4.07. The lowest BCUT2D eigenvalue weighted by molar-refractivity contribution is 0.102. The average Bonchev–Trinajstić information content (AvgIpc) is 2.69. The highest BCUT2D eigenvalue weighted by Gasteiger charge is 2.10. The van der Waals surface area contributed by atoms with Crippen LogP contribution in [0.1, 0.15) is 10.4 Å². The molecule has 0 unspecified atom stereocenters. The Morgan fingerprint density at radius 1 is 0.720 bits per heavy atom. The fourth-order valence-corrected chi connectivity index (χ4v) is 2.80. The number of aromatic nitrogens is 1. The second kappa shape index (κ2) is 6.57. The summed E-state index contributed by atoms with van der Waals surface area (Å²) in [7, 11) is 0. The number of hydrogen-bond donors (Lipinski definition) is 1. The Hall–Kier alpha value is -3.46. The van der Waals surface area contributed by atoms with Gasteiger partial charge < -0.3 is 5.32 Å². The molecule has 0 atom stereocenters. The van der Waals surface area contributed by atoms with Crippen molar-refractivity contribution < 1.29 is 4.79 Å². The molecule has 4 aromatic rings. The molecule has 3 nitrogen and oxygen atoms in total. The Kier molecular flexibility index (Phi) is 3.97. The van der Waals surface area contributed by atoms with Gasteiger partial charge in [0.25, 0.3) is 5.91 Å². The van der Waals surface area contributed by atoms with Crippen molar-refractivity contribution >= 4 is 22.5 Å².